The van der Waals surface area contributed by atoms with Crippen LogP contribution >= 0.6 is 39.1 Å². The van der Waals surface area contributed by atoms with Crippen LogP contribution in [0.4, 0.5) is 5.82 Å². The molecule has 0 spiro atoms. The molecule has 21 heavy (non-hydrogen) atoms. The van der Waals surface area contributed by atoms with E-state index < -0.39 is 0 Å². The first-order chi connectivity index (χ1) is 10.1. The van der Waals surface area contributed by atoms with Crippen LogP contribution in [0.3, 0.4) is 0 Å². The van der Waals surface area contributed by atoms with Crippen molar-refractivity contribution in [3.05, 3.63) is 57.0 Å². The Balaban J connectivity index is 2.22. The van der Waals surface area contributed by atoms with E-state index >= 15 is 0 Å². The molecule has 0 unspecified atom stereocenters. The lowest BCUT2D eigenvalue weighted by atomic mass is 10.0. The summed E-state index contributed by atoms with van der Waals surface area (Å²) in [7, 11) is 0. The van der Waals surface area contributed by atoms with Gasteiger partial charge in [-0.25, -0.2) is 0 Å². The molecule has 0 fully saturated rings. The van der Waals surface area contributed by atoms with E-state index in [2.05, 4.69) is 21.1 Å². The van der Waals surface area contributed by atoms with Crippen LogP contribution in [0.2, 0.25) is 10.0 Å². The van der Waals surface area contributed by atoms with Crippen LogP contribution in [0, 0.1) is 0 Å². The van der Waals surface area contributed by atoms with Crippen LogP contribution in [0.5, 0.6) is 0 Å². The van der Waals surface area contributed by atoms with Gasteiger partial charge in [0.25, 0.3) is 0 Å². The second-order valence-electron chi connectivity index (χ2n) is 4.38. The number of aromatic nitrogens is 1. The second-order valence-corrected chi connectivity index (χ2v) is 6.05. The molecule has 0 aliphatic heterocycles. The first-order valence-electron chi connectivity index (χ1n) is 6.03. The van der Waals surface area contributed by atoms with E-state index in [1.807, 2.05) is 30.3 Å². The van der Waals surface area contributed by atoms with Gasteiger partial charge in [0, 0.05) is 20.6 Å². The Kier molecular flexibility index (Phi) is 3.93. The number of benzene rings is 2. The Morgan fingerprint density at radius 3 is 2.52 bits per heavy atom. The van der Waals surface area contributed by atoms with E-state index in [0.717, 1.165) is 15.6 Å². The largest absolute Gasteiger partial charge is 0.380 e. The van der Waals surface area contributed by atoms with E-state index in [-0.39, 0.29) is 0 Å². The van der Waals surface area contributed by atoms with Crippen molar-refractivity contribution in [2.45, 2.75) is 0 Å². The van der Waals surface area contributed by atoms with E-state index in [9.17, 15) is 0 Å². The summed E-state index contributed by atoms with van der Waals surface area (Å²) in [6, 6.07) is 12.9. The van der Waals surface area contributed by atoms with Gasteiger partial charge in [0.2, 0.25) is 0 Å². The highest BCUT2D eigenvalue weighted by atomic mass is 79.9. The normalized spacial score (nSPS) is 10.8. The molecule has 0 saturated carbocycles. The smallest absolute Gasteiger partial charge is 0.177 e. The fourth-order valence-electron chi connectivity index (χ4n) is 2.06. The standard InChI is InChI=1S/C15H9BrCl2N2O/c16-10-7-8(5-6-12(10)18)14-13(15(19)20-21-14)9-3-1-2-4-11(9)17/h1-7H,(H2,19,20). The van der Waals surface area contributed by atoms with Crippen molar-refractivity contribution >= 4 is 44.9 Å². The van der Waals surface area contributed by atoms with Crippen LogP contribution in [0.1, 0.15) is 0 Å². The summed E-state index contributed by atoms with van der Waals surface area (Å²) in [5.74, 6) is 0.849. The lowest BCUT2D eigenvalue weighted by Gasteiger charge is -2.06. The maximum atomic E-state index is 6.25. The lowest BCUT2D eigenvalue weighted by molar-refractivity contribution is 0.436. The number of hydrogen-bond donors (Lipinski definition) is 1. The van der Waals surface area contributed by atoms with Crippen LogP contribution in [0.25, 0.3) is 22.5 Å². The van der Waals surface area contributed by atoms with Gasteiger partial charge in [-0.2, -0.15) is 0 Å². The SMILES string of the molecule is Nc1noc(-c2ccc(Cl)c(Br)c2)c1-c1ccccc1Cl. The van der Waals surface area contributed by atoms with Crippen molar-refractivity contribution in [2.75, 3.05) is 5.73 Å². The van der Waals surface area contributed by atoms with Crippen LogP contribution < -0.4 is 5.73 Å². The highest BCUT2D eigenvalue weighted by molar-refractivity contribution is 9.10. The monoisotopic (exact) mass is 382 g/mol. The minimum atomic E-state index is 0.296. The third-order valence-corrected chi connectivity index (χ3v) is 4.59. The zero-order valence-corrected chi connectivity index (χ0v) is 13.7. The fraction of sp³-hybridized carbons (Fsp3) is 0. The van der Waals surface area contributed by atoms with Gasteiger partial charge in [-0.3, -0.25) is 0 Å². The van der Waals surface area contributed by atoms with Crippen molar-refractivity contribution in [1.82, 2.24) is 5.16 Å². The molecule has 0 bridgehead atoms. The van der Waals surface area contributed by atoms with Gasteiger partial charge in [-0.05, 0) is 40.2 Å². The first-order valence-corrected chi connectivity index (χ1v) is 7.58. The summed E-state index contributed by atoms with van der Waals surface area (Å²) in [4.78, 5) is 0. The van der Waals surface area contributed by atoms with Gasteiger partial charge >= 0.3 is 0 Å². The lowest BCUT2D eigenvalue weighted by Crippen LogP contribution is -1.89. The van der Waals surface area contributed by atoms with Crippen LogP contribution in [0.15, 0.2) is 51.5 Å². The Hall–Kier alpha value is -1.49. The summed E-state index contributed by atoms with van der Waals surface area (Å²) < 4.78 is 6.15. The van der Waals surface area contributed by atoms with Gasteiger partial charge in [0.05, 0.1) is 10.6 Å². The maximum absolute atomic E-state index is 6.25. The van der Waals surface area contributed by atoms with Crippen LogP contribution in [-0.4, -0.2) is 5.16 Å². The zero-order chi connectivity index (χ0) is 15.0. The van der Waals surface area contributed by atoms with Crippen molar-refractivity contribution < 1.29 is 4.52 Å². The third kappa shape index (κ3) is 2.67. The molecule has 1 heterocycles. The van der Waals surface area contributed by atoms with Crippen molar-refractivity contribution in [2.24, 2.45) is 0 Å². The third-order valence-electron chi connectivity index (χ3n) is 3.04. The number of hydrogen-bond acceptors (Lipinski definition) is 3. The van der Waals surface area contributed by atoms with E-state index in [1.165, 1.54) is 0 Å². The van der Waals surface area contributed by atoms with Gasteiger partial charge in [-0.15, -0.1) is 0 Å². The summed E-state index contributed by atoms with van der Waals surface area (Å²) >= 11 is 15.7. The Morgan fingerprint density at radius 1 is 1.05 bits per heavy atom. The molecular weight excluding hydrogens is 375 g/mol. The predicted molar refractivity (Wildman–Crippen MR) is 89.5 cm³/mol. The molecule has 6 heteroatoms. The maximum Gasteiger partial charge on any atom is 0.177 e. The molecular formula is C15H9BrCl2N2O. The molecule has 2 N–H and O–H groups in total. The number of halogens is 3. The molecule has 0 aliphatic carbocycles. The highest BCUT2D eigenvalue weighted by Crippen LogP contribution is 2.40. The average molecular weight is 384 g/mol. The predicted octanol–water partition coefficient (Wildman–Crippen LogP) is 5.66. The number of nitrogens with zero attached hydrogens (tertiary/aromatic N) is 1. The van der Waals surface area contributed by atoms with E-state index in [4.69, 9.17) is 33.5 Å². The van der Waals surface area contributed by atoms with Crippen LogP contribution in [-0.2, 0) is 0 Å². The molecule has 0 atom stereocenters. The van der Waals surface area contributed by atoms with Gasteiger partial charge in [0.15, 0.2) is 11.6 Å². The zero-order valence-electron chi connectivity index (χ0n) is 10.6. The summed E-state index contributed by atoms with van der Waals surface area (Å²) in [6.07, 6.45) is 0. The molecule has 0 aliphatic rings. The Bertz CT molecular complexity index is 817. The molecule has 0 radical (unpaired) electrons. The molecule has 3 aromatic rings. The molecule has 0 saturated heterocycles. The second kappa shape index (κ2) is 5.72. The summed E-state index contributed by atoms with van der Waals surface area (Å²) in [5, 5.41) is 5.06. The number of anilines is 1. The van der Waals surface area contributed by atoms with Gasteiger partial charge in [0.1, 0.15) is 0 Å². The van der Waals surface area contributed by atoms with E-state index in [1.54, 1.807) is 12.1 Å². The molecule has 106 valence electrons. The number of nitrogen functional groups attached to an aromatic ring is 1. The van der Waals surface area contributed by atoms with Crippen molar-refractivity contribution in [1.29, 1.82) is 0 Å². The van der Waals surface area contributed by atoms with Gasteiger partial charge in [-0.1, -0.05) is 46.6 Å². The molecule has 2 aromatic carbocycles. The Labute approximate surface area is 139 Å². The number of nitrogens with two attached hydrogens (primary N) is 1. The van der Waals surface area contributed by atoms with Crippen molar-refractivity contribution in [3.8, 4) is 22.5 Å². The van der Waals surface area contributed by atoms with E-state index in [0.29, 0.717) is 27.2 Å². The minimum Gasteiger partial charge on any atom is -0.380 e. The van der Waals surface area contributed by atoms with Gasteiger partial charge < -0.3 is 10.3 Å². The molecule has 3 rings (SSSR count). The highest BCUT2D eigenvalue weighted by Gasteiger charge is 2.20. The average Bonchev–Trinajstić information content (AvgIpc) is 2.84. The molecule has 0 amide bonds. The molecule has 1 aromatic heterocycles. The Morgan fingerprint density at radius 2 is 1.81 bits per heavy atom. The molecule has 3 nitrogen and oxygen atoms in total. The summed E-state index contributed by atoms with van der Waals surface area (Å²) in [6.45, 7) is 0. The number of rotatable bonds is 2. The minimum absolute atomic E-state index is 0.296. The quantitative estimate of drug-likeness (QED) is 0.621. The first kappa shape index (κ1) is 14.4. The topological polar surface area (TPSA) is 52.0 Å². The fourth-order valence-corrected chi connectivity index (χ4v) is 2.79. The van der Waals surface area contributed by atoms with Crippen molar-refractivity contribution in [3.63, 3.8) is 0 Å². The summed E-state index contributed by atoms with van der Waals surface area (Å²) in [5.41, 5.74) is 8.21.